The molecule has 2 unspecified atom stereocenters. The zero-order chi connectivity index (χ0) is 31.6. The summed E-state index contributed by atoms with van der Waals surface area (Å²) in [4.78, 5) is 38.2. The van der Waals surface area contributed by atoms with Crippen LogP contribution in [0.25, 0.3) is 11.1 Å². The molecule has 0 spiro atoms. The molecule has 4 aromatic carbocycles. The molecule has 44 heavy (non-hydrogen) atoms. The quantitative estimate of drug-likeness (QED) is 0.103. The minimum Gasteiger partial charge on any atom is -0.478 e. The standard InChI is InChI=1S/C35H35N5O4/c1-3-8-29(41)39-23-12-7-9-20(17-23)24-14-15-25(33(38)42)30(31(24)34(43)44)28-19-35(2,22-10-5-4-6-11-22)26-18-21(32(36)37)13-16-27(26)40-28/h4-7,9-18,28,40H,3,8,19H2,1-2H3,(H3,36,37)(H2,38,42)(H,39,41)(H,43,44). The van der Waals surface area contributed by atoms with Crippen molar-refractivity contribution in [3.05, 3.63) is 118 Å². The minimum absolute atomic E-state index is 0.0462. The van der Waals surface area contributed by atoms with E-state index in [4.69, 9.17) is 16.9 Å². The monoisotopic (exact) mass is 589 g/mol. The number of rotatable bonds is 9. The fourth-order valence-corrected chi connectivity index (χ4v) is 6.19. The van der Waals surface area contributed by atoms with Crippen LogP contribution in [0.15, 0.2) is 84.9 Å². The van der Waals surface area contributed by atoms with Crippen LogP contribution in [0.1, 0.15) is 82.1 Å². The second kappa shape index (κ2) is 12.0. The molecule has 0 bridgehead atoms. The molecule has 8 N–H and O–H groups in total. The Morgan fingerprint density at radius 2 is 1.75 bits per heavy atom. The number of benzene rings is 4. The van der Waals surface area contributed by atoms with Gasteiger partial charge in [0, 0.05) is 39.9 Å². The van der Waals surface area contributed by atoms with E-state index >= 15 is 0 Å². The number of nitrogens with one attached hydrogen (secondary N) is 3. The summed E-state index contributed by atoms with van der Waals surface area (Å²) < 4.78 is 0. The van der Waals surface area contributed by atoms with Gasteiger partial charge in [-0.3, -0.25) is 15.0 Å². The molecule has 5 rings (SSSR count). The summed E-state index contributed by atoms with van der Waals surface area (Å²) in [5.74, 6) is -2.14. The maximum Gasteiger partial charge on any atom is 0.336 e. The number of amidine groups is 1. The molecular formula is C35H35N5O4. The summed E-state index contributed by atoms with van der Waals surface area (Å²) >= 11 is 0. The van der Waals surface area contributed by atoms with E-state index in [1.165, 1.54) is 0 Å². The number of nitrogens with two attached hydrogens (primary N) is 2. The maximum absolute atomic E-state index is 13.1. The van der Waals surface area contributed by atoms with E-state index in [-0.39, 0.29) is 28.4 Å². The molecule has 0 aromatic heterocycles. The van der Waals surface area contributed by atoms with E-state index in [1.54, 1.807) is 42.5 Å². The number of nitrogen functional groups attached to an aromatic ring is 1. The maximum atomic E-state index is 13.1. The topological polar surface area (TPSA) is 171 Å². The van der Waals surface area contributed by atoms with Crippen LogP contribution >= 0.6 is 0 Å². The lowest BCUT2D eigenvalue weighted by Gasteiger charge is -2.42. The Hall–Kier alpha value is -5.44. The predicted molar refractivity (Wildman–Crippen MR) is 172 cm³/mol. The Morgan fingerprint density at radius 1 is 1.00 bits per heavy atom. The van der Waals surface area contributed by atoms with E-state index in [9.17, 15) is 19.5 Å². The SMILES string of the molecule is CCCC(=O)Nc1cccc(-c2ccc(C(N)=O)c(C3CC(C)(c4ccccc4)c4cc(C(=N)N)ccc4N3)c2C(=O)O)c1. The van der Waals surface area contributed by atoms with Crippen LogP contribution in [-0.2, 0) is 10.2 Å². The molecule has 0 fully saturated rings. The molecule has 1 heterocycles. The summed E-state index contributed by atoms with van der Waals surface area (Å²) in [5.41, 5.74) is 16.1. The van der Waals surface area contributed by atoms with Gasteiger partial charge in [-0.1, -0.05) is 62.4 Å². The summed E-state index contributed by atoms with van der Waals surface area (Å²) in [6.45, 7) is 3.98. The number of carbonyl (C=O) groups is 3. The number of primary amides is 1. The van der Waals surface area contributed by atoms with Gasteiger partial charge in [0.15, 0.2) is 0 Å². The van der Waals surface area contributed by atoms with Crippen LogP contribution in [0.4, 0.5) is 11.4 Å². The van der Waals surface area contributed by atoms with Crippen LogP contribution in [-0.4, -0.2) is 28.7 Å². The zero-order valence-corrected chi connectivity index (χ0v) is 24.6. The molecule has 2 atom stereocenters. The highest BCUT2D eigenvalue weighted by Gasteiger charge is 2.41. The fourth-order valence-electron chi connectivity index (χ4n) is 6.19. The fraction of sp³-hybridized carbons (Fsp3) is 0.200. The molecule has 2 amide bonds. The molecule has 9 nitrogen and oxygen atoms in total. The van der Waals surface area contributed by atoms with Crippen LogP contribution in [0.3, 0.4) is 0 Å². The van der Waals surface area contributed by atoms with Crippen molar-refractivity contribution in [1.82, 2.24) is 0 Å². The van der Waals surface area contributed by atoms with Crippen molar-refractivity contribution in [2.24, 2.45) is 11.5 Å². The molecular weight excluding hydrogens is 554 g/mol. The van der Waals surface area contributed by atoms with Gasteiger partial charge in [-0.15, -0.1) is 0 Å². The minimum atomic E-state index is -1.21. The van der Waals surface area contributed by atoms with Gasteiger partial charge < -0.3 is 27.2 Å². The lowest BCUT2D eigenvalue weighted by molar-refractivity contribution is -0.116. The van der Waals surface area contributed by atoms with Gasteiger partial charge >= 0.3 is 5.97 Å². The molecule has 0 radical (unpaired) electrons. The van der Waals surface area contributed by atoms with Crippen LogP contribution < -0.4 is 22.1 Å². The van der Waals surface area contributed by atoms with Crippen molar-refractivity contribution in [2.45, 2.75) is 44.6 Å². The third-order valence-corrected chi connectivity index (χ3v) is 8.29. The second-order valence-corrected chi connectivity index (χ2v) is 11.3. The first kappa shape index (κ1) is 30.0. The number of carbonyl (C=O) groups excluding carboxylic acids is 2. The first-order valence-corrected chi connectivity index (χ1v) is 14.4. The Labute approximate surface area is 255 Å². The first-order valence-electron chi connectivity index (χ1n) is 14.4. The lowest BCUT2D eigenvalue weighted by atomic mass is 9.67. The normalized spacial score (nSPS) is 17.2. The predicted octanol–water partition coefficient (Wildman–Crippen LogP) is 6.04. The van der Waals surface area contributed by atoms with Gasteiger partial charge in [-0.05, 0) is 71.5 Å². The van der Waals surface area contributed by atoms with Gasteiger partial charge in [0.05, 0.1) is 11.6 Å². The zero-order valence-electron chi connectivity index (χ0n) is 24.6. The molecule has 0 aliphatic carbocycles. The van der Waals surface area contributed by atoms with Crippen LogP contribution in [0, 0.1) is 5.41 Å². The molecule has 224 valence electrons. The van der Waals surface area contributed by atoms with E-state index in [2.05, 4.69) is 17.6 Å². The average molecular weight is 590 g/mol. The van der Waals surface area contributed by atoms with Crippen LogP contribution in [0.2, 0.25) is 0 Å². The van der Waals surface area contributed by atoms with Gasteiger partial charge in [-0.2, -0.15) is 0 Å². The number of amides is 2. The highest BCUT2D eigenvalue weighted by atomic mass is 16.4. The summed E-state index contributed by atoms with van der Waals surface area (Å²) in [6.07, 6.45) is 1.44. The third-order valence-electron chi connectivity index (χ3n) is 8.29. The average Bonchev–Trinajstić information content (AvgIpc) is 3.00. The Balaban J connectivity index is 1.71. The molecule has 0 saturated heterocycles. The highest BCUT2D eigenvalue weighted by molar-refractivity contribution is 6.04. The van der Waals surface area contributed by atoms with Gasteiger partial charge in [-0.25, -0.2) is 4.79 Å². The Bertz CT molecular complexity index is 1790. The number of hydrogen-bond donors (Lipinski definition) is 6. The van der Waals surface area contributed by atoms with Crippen molar-refractivity contribution >= 4 is 35.0 Å². The highest BCUT2D eigenvalue weighted by Crippen LogP contribution is 2.50. The number of carboxylic acids is 1. The van der Waals surface area contributed by atoms with Crippen molar-refractivity contribution in [3.8, 4) is 11.1 Å². The van der Waals surface area contributed by atoms with Gasteiger partial charge in [0.1, 0.15) is 5.84 Å². The third kappa shape index (κ3) is 5.64. The first-order chi connectivity index (χ1) is 21.0. The largest absolute Gasteiger partial charge is 0.478 e. The smallest absolute Gasteiger partial charge is 0.336 e. The second-order valence-electron chi connectivity index (χ2n) is 11.3. The summed E-state index contributed by atoms with van der Waals surface area (Å²) in [6, 6.07) is 24.8. The van der Waals surface area contributed by atoms with Crippen molar-refractivity contribution < 1.29 is 19.5 Å². The van der Waals surface area contributed by atoms with E-state index in [0.29, 0.717) is 41.6 Å². The van der Waals surface area contributed by atoms with E-state index in [0.717, 1.165) is 16.8 Å². The van der Waals surface area contributed by atoms with Crippen molar-refractivity contribution in [3.63, 3.8) is 0 Å². The number of carboxylic acid groups (broad SMARTS) is 1. The Kier molecular flexibility index (Phi) is 8.22. The Morgan fingerprint density at radius 3 is 2.41 bits per heavy atom. The molecule has 0 saturated carbocycles. The number of fused-ring (bicyclic) bond motifs is 1. The molecule has 1 aliphatic heterocycles. The molecule has 4 aromatic rings. The van der Waals surface area contributed by atoms with Gasteiger partial charge in [0.2, 0.25) is 11.8 Å². The van der Waals surface area contributed by atoms with E-state index in [1.807, 2.05) is 49.4 Å². The summed E-state index contributed by atoms with van der Waals surface area (Å²) in [5, 5.41) is 25.0. The number of anilines is 2. The summed E-state index contributed by atoms with van der Waals surface area (Å²) in [7, 11) is 0. The molecule has 9 heteroatoms. The number of hydrogen-bond acceptors (Lipinski definition) is 5. The van der Waals surface area contributed by atoms with Crippen molar-refractivity contribution in [2.75, 3.05) is 10.6 Å². The van der Waals surface area contributed by atoms with Gasteiger partial charge in [0.25, 0.3) is 0 Å². The lowest BCUT2D eigenvalue weighted by Crippen LogP contribution is -2.36. The van der Waals surface area contributed by atoms with Crippen molar-refractivity contribution in [1.29, 1.82) is 5.41 Å². The van der Waals surface area contributed by atoms with Crippen LogP contribution in [0.5, 0.6) is 0 Å². The number of aromatic carboxylic acids is 1. The van der Waals surface area contributed by atoms with E-state index < -0.39 is 23.3 Å². The molecule has 1 aliphatic rings.